The fourth-order valence-electron chi connectivity index (χ4n) is 2.90. The standard InChI is InChI=1S/C18H17F4N5O2/c1-9(10-3-4-11(12(19)7-10)18(20,21)22)25-17(29)13-8-14(28)27-16(26-13)15-23-5-2-6-24-15/h2-7,9,13,16,26H,8H2,1H3,(H,25,29)(H,27,28)/t9-,13?,16?/m1/s1. The van der Waals surface area contributed by atoms with E-state index in [0.29, 0.717) is 6.07 Å². The number of halogens is 4. The minimum absolute atomic E-state index is 0.150. The Kier molecular flexibility index (Phi) is 5.78. The molecule has 1 aromatic heterocycles. The van der Waals surface area contributed by atoms with Gasteiger partial charge in [0.25, 0.3) is 0 Å². The Balaban J connectivity index is 1.69. The van der Waals surface area contributed by atoms with E-state index >= 15 is 0 Å². The molecule has 1 aliphatic rings. The van der Waals surface area contributed by atoms with Gasteiger partial charge < -0.3 is 10.6 Å². The van der Waals surface area contributed by atoms with Crippen molar-refractivity contribution < 1.29 is 27.2 Å². The Morgan fingerprint density at radius 2 is 1.97 bits per heavy atom. The second-order valence-corrected chi connectivity index (χ2v) is 6.50. The van der Waals surface area contributed by atoms with E-state index in [-0.39, 0.29) is 17.8 Å². The molecule has 0 spiro atoms. The molecule has 7 nitrogen and oxygen atoms in total. The second-order valence-electron chi connectivity index (χ2n) is 6.50. The predicted octanol–water partition coefficient (Wildman–Crippen LogP) is 1.99. The highest BCUT2D eigenvalue weighted by molar-refractivity contribution is 5.89. The van der Waals surface area contributed by atoms with Gasteiger partial charge in [0.05, 0.1) is 24.1 Å². The van der Waals surface area contributed by atoms with Crippen molar-refractivity contribution in [1.29, 1.82) is 0 Å². The number of alkyl halides is 3. The summed E-state index contributed by atoms with van der Waals surface area (Å²) in [5, 5.41) is 8.10. The number of nitrogens with zero attached hydrogens (tertiary/aromatic N) is 2. The average Bonchev–Trinajstić information content (AvgIpc) is 2.67. The van der Waals surface area contributed by atoms with Gasteiger partial charge in [0.1, 0.15) is 12.0 Å². The van der Waals surface area contributed by atoms with E-state index in [2.05, 4.69) is 25.9 Å². The number of aromatic nitrogens is 2. The Hall–Kier alpha value is -3.08. The lowest BCUT2D eigenvalue weighted by molar-refractivity contribution is -0.140. The van der Waals surface area contributed by atoms with E-state index in [9.17, 15) is 27.2 Å². The van der Waals surface area contributed by atoms with Gasteiger partial charge in [-0.3, -0.25) is 14.9 Å². The lowest BCUT2D eigenvalue weighted by atomic mass is 10.0. The molecule has 2 heterocycles. The summed E-state index contributed by atoms with van der Waals surface area (Å²) in [4.78, 5) is 32.5. The van der Waals surface area contributed by atoms with Crippen LogP contribution in [0.15, 0.2) is 36.7 Å². The molecule has 3 N–H and O–H groups in total. The second kappa shape index (κ2) is 8.11. The molecule has 1 aromatic carbocycles. The van der Waals surface area contributed by atoms with Crippen LogP contribution in [0.25, 0.3) is 0 Å². The molecule has 0 radical (unpaired) electrons. The van der Waals surface area contributed by atoms with E-state index in [4.69, 9.17) is 0 Å². The third kappa shape index (κ3) is 4.86. The highest BCUT2D eigenvalue weighted by atomic mass is 19.4. The summed E-state index contributed by atoms with van der Waals surface area (Å²) in [6.45, 7) is 1.50. The number of hydrogen-bond donors (Lipinski definition) is 3. The van der Waals surface area contributed by atoms with Crippen molar-refractivity contribution in [3.63, 3.8) is 0 Å². The van der Waals surface area contributed by atoms with Crippen LogP contribution in [-0.2, 0) is 15.8 Å². The topological polar surface area (TPSA) is 96.0 Å². The average molecular weight is 411 g/mol. The smallest absolute Gasteiger partial charge is 0.348 e. The molecular weight excluding hydrogens is 394 g/mol. The van der Waals surface area contributed by atoms with Crippen molar-refractivity contribution in [1.82, 2.24) is 25.9 Å². The molecule has 11 heteroatoms. The molecule has 1 aliphatic heterocycles. The summed E-state index contributed by atoms with van der Waals surface area (Å²) in [7, 11) is 0. The van der Waals surface area contributed by atoms with Gasteiger partial charge in [-0.1, -0.05) is 6.07 Å². The zero-order valence-electron chi connectivity index (χ0n) is 15.1. The quantitative estimate of drug-likeness (QED) is 0.669. The SMILES string of the molecule is C[C@@H](NC(=O)C1CC(=O)NC(c2ncccn2)N1)c1ccc(C(F)(F)F)c(F)c1. The first kappa shape index (κ1) is 20.6. The van der Waals surface area contributed by atoms with Crippen LogP contribution in [0, 0.1) is 5.82 Å². The maximum Gasteiger partial charge on any atom is 0.419 e. The van der Waals surface area contributed by atoms with Crippen LogP contribution in [0.1, 0.15) is 42.5 Å². The summed E-state index contributed by atoms with van der Waals surface area (Å²) >= 11 is 0. The molecule has 2 aromatic rings. The van der Waals surface area contributed by atoms with E-state index < -0.39 is 47.6 Å². The number of carbonyl (C=O) groups excluding carboxylic acids is 2. The summed E-state index contributed by atoms with van der Waals surface area (Å²) in [6.07, 6.45) is -2.75. The van der Waals surface area contributed by atoms with Gasteiger partial charge in [0.15, 0.2) is 5.82 Å². The summed E-state index contributed by atoms with van der Waals surface area (Å²) < 4.78 is 51.8. The first-order chi connectivity index (χ1) is 13.6. The van der Waals surface area contributed by atoms with Crippen LogP contribution < -0.4 is 16.0 Å². The number of amides is 2. The third-order valence-corrected chi connectivity index (χ3v) is 4.38. The van der Waals surface area contributed by atoms with Crippen molar-refractivity contribution in [3.8, 4) is 0 Å². The zero-order valence-corrected chi connectivity index (χ0v) is 15.1. The van der Waals surface area contributed by atoms with Gasteiger partial charge in [0.2, 0.25) is 11.8 Å². The van der Waals surface area contributed by atoms with Gasteiger partial charge in [-0.05, 0) is 30.7 Å². The first-order valence-corrected chi connectivity index (χ1v) is 8.64. The van der Waals surface area contributed by atoms with Crippen molar-refractivity contribution in [3.05, 3.63) is 59.4 Å². The number of hydrogen-bond acceptors (Lipinski definition) is 5. The highest BCUT2D eigenvalue weighted by Gasteiger charge is 2.35. The first-order valence-electron chi connectivity index (χ1n) is 8.64. The maximum absolute atomic E-state index is 13.8. The van der Waals surface area contributed by atoms with Crippen LogP contribution in [0.4, 0.5) is 17.6 Å². The maximum atomic E-state index is 13.8. The summed E-state index contributed by atoms with van der Waals surface area (Å²) in [5.41, 5.74) is -1.22. The van der Waals surface area contributed by atoms with E-state index in [1.165, 1.54) is 19.3 Å². The molecule has 0 bridgehead atoms. The molecule has 29 heavy (non-hydrogen) atoms. The molecule has 1 saturated heterocycles. The van der Waals surface area contributed by atoms with Crippen LogP contribution in [0.3, 0.4) is 0 Å². The highest BCUT2D eigenvalue weighted by Crippen LogP contribution is 2.32. The molecule has 0 saturated carbocycles. The molecule has 154 valence electrons. The predicted molar refractivity (Wildman–Crippen MR) is 92.4 cm³/mol. The summed E-state index contributed by atoms with van der Waals surface area (Å²) in [5.74, 6) is -2.10. The van der Waals surface area contributed by atoms with Crippen molar-refractivity contribution in [2.45, 2.75) is 37.8 Å². The Labute approximate surface area is 162 Å². The van der Waals surface area contributed by atoms with Gasteiger partial charge in [0, 0.05) is 12.4 Å². The largest absolute Gasteiger partial charge is 0.419 e. The molecule has 2 unspecified atom stereocenters. The fraction of sp³-hybridized carbons (Fsp3) is 0.333. The van der Waals surface area contributed by atoms with E-state index in [1.807, 2.05) is 0 Å². The Morgan fingerprint density at radius 3 is 2.59 bits per heavy atom. The zero-order chi connectivity index (χ0) is 21.2. The number of rotatable bonds is 4. The van der Waals surface area contributed by atoms with Crippen molar-refractivity contribution >= 4 is 11.8 Å². The Morgan fingerprint density at radius 1 is 1.28 bits per heavy atom. The van der Waals surface area contributed by atoms with Crippen LogP contribution in [0.5, 0.6) is 0 Å². The Bertz CT molecular complexity index is 907. The number of benzene rings is 1. The van der Waals surface area contributed by atoms with E-state index in [0.717, 1.165) is 12.1 Å². The van der Waals surface area contributed by atoms with Gasteiger partial charge in [-0.25, -0.2) is 14.4 Å². The minimum Gasteiger partial charge on any atom is -0.348 e. The monoisotopic (exact) mass is 411 g/mol. The molecule has 1 fully saturated rings. The third-order valence-electron chi connectivity index (χ3n) is 4.38. The normalized spacial score (nSPS) is 20.7. The fourth-order valence-corrected chi connectivity index (χ4v) is 2.90. The van der Waals surface area contributed by atoms with Gasteiger partial charge in [-0.2, -0.15) is 13.2 Å². The molecule has 3 atom stereocenters. The van der Waals surface area contributed by atoms with Gasteiger partial charge in [-0.15, -0.1) is 0 Å². The van der Waals surface area contributed by atoms with Crippen LogP contribution in [-0.4, -0.2) is 27.8 Å². The number of carbonyl (C=O) groups is 2. The lowest BCUT2D eigenvalue weighted by Crippen LogP contribution is -2.56. The van der Waals surface area contributed by atoms with Gasteiger partial charge >= 0.3 is 6.18 Å². The van der Waals surface area contributed by atoms with Crippen LogP contribution >= 0.6 is 0 Å². The lowest BCUT2D eigenvalue weighted by Gasteiger charge is -2.30. The van der Waals surface area contributed by atoms with Crippen molar-refractivity contribution in [2.75, 3.05) is 0 Å². The molecular formula is C18H17F4N5O2. The minimum atomic E-state index is -4.80. The van der Waals surface area contributed by atoms with E-state index in [1.54, 1.807) is 6.07 Å². The molecule has 0 aliphatic carbocycles. The number of nitrogens with one attached hydrogen (secondary N) is 3. The molecule has 3 rings (SSSR count). The molecule has 2 amide bonds. The van der Waals surface area contributed by atoms with Crippen LogP contribution in [0.2, 0.25) is 0 Å². The van der Waals surface area contributed by atoms with Crippen molar-refractivity contribution in [2.24, 2.45) is 0 Å². The summed E-state index contributed by atoms with van der Waals surface area (Å²) in [6, 6.07) is 2.36.